The summed E-state index contributed by atoms with van der Waals surface area (Å²) in [5, 5.41) is 4.23. The second-order valence-electron chi connectivity index (χ2n) is 5.00. The van der Waals surface area contributed by atoms with E-state index in [0.717, 1.165) is 11.4 Å². The number of hydrogen-bond donors (Lipinski definition) is 0. The molecule has 0 aliphatic heterocycles. The van der Waals surface area contributed by atoms with Gasteiger partial charge < -0.3 is 9.15 Å². The Kier molecular flexibility index (Phi) is 3.23. The monoisotopic (exact) mass is 307 g/mol. The van der Waals surface area contributed by atoms with Gasteiger partial charge in [-0.25, -0.2) is 4.98 Å². The Labute approximate surface area is 131 Å². The summed E-state index contributed by atoms with van der Waals surface area (Å²) in [4.78, 5) is 13.0. The molecule has 4 aromatic heterocycles. The van der Waals surface area contributed by atoms with Crippen molar-refractivity contribution in [2.24, 2.45) is 0 Å². The van der Waals surface area contributed by atoms with Gasteiger partial charge in [-0.2, -0.15) is 9.61 Å². The topological polar surface area (TPSA) is 78.3 Å². The SMILES string of the molecule is Cc1cnc(COc2cc(-c3ccco3)nc3ccnn23)cn1. The van der Waals surface area contributed by atoms with Crippen LogP contribution in [0, 0.1) is 6.92 Å². The number of rotatable bonds is 4. The molecule has 0 aromatic carbocycles. The van der Waals surface area contributed by atoms with E-state index in [1.54, 1.807) is 35.4 Å². The van der Waals surface area contributed by atoms with Crippen molar-refractivity contribution in [3.8, 4) is 17.3 Å². The van der Waals surface area contributed by atoms with Gasteiger partial charge in [0.2, 0.25) is 5.88 Å². The van der Waals surface area contributed by atoms with Gasteiger partial charge in [-0.3, -0.25) is 9.97 Å². The Bertz CT molecular complexity index is 929. The molecular weight excluding hydrogens is 294 g/mol. The summed E-state index contributed by atoms with van der Waals surface area (Å²) in [7, 11) is 0. The highest BCUT2D eigenvalue weighted by Crippen LogP contribution is 2.24. The van der Waals surface area contributed by atoms with Gasteiger partial charge in [0.1, 0.15) is 12.3 Å². The van der Waals surface area contributed by atoms with Crippen LogP contribution in [0.2, 0.25) is 0 Å². The van der Waals surface area contributed by atoms with Crippen LogP contribution in [-0.2, 0) is 6.61 Å². The van der Waals surface area contributed by atoms with E-state index in [0.29, 0.717) is 29.6 Å². The van der Waals surface area contributed by atoms with Crippen LogP contribution in [0.5, 0.6) is 5.88 Å². The summed E-state index contributed by atoms with van der Waals surface area (Å²) in [6, 6.07) is 7.27. The van der Waals surface area contributed by atoms with Crippen molar-refractivity contribution in [2.75, 3.05) is 0 Å². The number of aromatic nitrogens is 5. The third-order valence-electron chi connectivity index (χ3n) is 3.30. The fourth-order valence-electron chi connectivity index (χ4n) is 2.18. The van der Waals surface area contributed by atoms with E-state index in [1.807, 2.05) is 25.1 Å². The van der Waals surface area contributed by atoms with E-state index in [1.165, 1.54) is 0 Å². The first-order chi connectivity index (χ1) is 11.3. The number of furan rings is 1. The maximum atomic E-state index is 5.86. The molecule has 0 N–H and O–H groups in total. The van der Waals surface area contributed by atoms with E-state index in [-0.39, 0.29) is 0 Å². The van der Waals surface area contributed by atoms with Crippen LogP contribution < -0.4 is 4.74 Å². The average molecular weight is 307 g/mol. The lowest BCUT2D eigenvalue weighted by Gasteiger charge is -2.09. The summed E-state index contributed by atoms with van der Waals surface area (Å²) in [5.41, 5.74) is 2.98. The predicted octanol–water partition coefficient (Wildman–Crippen LogP) is 2.67. The minimum Gasteiger partial charge on any atom is -0.471 e. The Morgan fingerprint density at radius 1 is 1.22 bits per heavy atom. The number of aryl methyl sites for hydroxylation is 1. The van der Waals surface area contributed by atoms with Gasteiger partial charge in [0, 0.05) is 18.3 Å². The van der Waals surface area contributed by atoms with E-state index < -0.39 is 0 Å². The first kappa shape index (κ1) is 13.4. The molecule has 0 spiro atoms. The van der Waals surface area contributed by atoms with Gasteiger partial charge in [0.15, 0.2) is 11.4 Å². The van der Waals surface area contributed by atoms with E-state index >= 15 is 0 Å². The Hall–Kier alpha value is -3.22. The van der Waals surface area contributed by atoms with E-state index in [9.17, 15) is 0 Å². The maximum absolute atomic E-state index is 5.86. The lowest BCUT2D eigenvalue weighted by atomic mass is 10.3. The summed E-state index contributed by atoms with van der Waals surface area (Å²) < 4.78 is 12.9. The zero-order valence-electron chi connectivity index (χ0n) is 12.4. The Morgan fingerprint density at radius 3 is 2.96 bits per heavy atom. The molecule has 0 aliphatic carbocycles. The second kappa shape index (κ2) is 5.53. The molecule has 0 saturated heterocycles. The third-order valence-corrected chi connectivity index (χ3v) is 3.30. The fourth-order valence-corrected chi connectivity index (χ4v) is 2.18. The van der Waals surface area contributed by atoms with Crippen molar-refractivity contribution >= 4 is 5.65 Å². The Balaban J connectivity index is 1.67. The van der Waals surface area contributed by atoms with Crippen LogP contribution in [0.4, 0.5) is 0 Å². The van der Waals surface area contributed by atoms with Gasteiger partial charge in [0.25, 0.3) is 0 Å². The number of nitrogens with zero attached hydrogens (tertiary/aromatic N) is 5. The normalized spacial score (nSPS) is 11.0. The molecule has 23 heavy (non-hydrogen) atoms. The Morgan fingerprint density at radius 2 is 2.17 bits per heavy atom. The number of ether oxygens (including phenoxy) is 1. The minimum atomic E-state index is 0.295. The molecule has 0 saturated carbocycles. The second-order valence-corrected chi connectivity index (χ2v) is 5.00. The molecule has 0 fully saturated rings. The van der Waals surface area contributed by atoms with Crippen molar-refractivity contribution in [1.29, 1.82) is 0 Å². The van der Waals surface area contributed by atoms with Crippen molar-refractivity contribution in [2.45, 2.75) is 13.5 Å². The molecular formula is C16H13N5O2. The van der Waals surface area contributed by atoms with Gasteiger partial charge in [-0.1, -0.05) is 0 Å². The third kappa shape index (κ3) is 2.64. The van der Waals surface area contributed by atoms with E-state index in [2.05, 4.69) is 20.1 Å². The largest absolute Gasteiger partial charge is 0.471 e. The highest BCUT2D eigenvalue weighted by atomic mass is 16.5. The molecule has 0 aliphatic rings. The van der Waals surface area contributed by atoms with Gasteiger partial charge in [0.05, 0.1) is 30.0 Å². The van der Waals surface area contributed by atoms with Crippen LogP contribution in [0.15, 0.2) is 53.5 Å². The number of fused-ring (bicyclic) bond motifs is 1. The molecule has 0 radical (unpaired) electrons. The molecule has 114 valence electrons. The molecule has 0 atom stereocenters. The standard InChI is InChI=1S/C16H13N5O2/c1-11-8-18-12(9-17-11)10-23-16-7-13(14-3-2-6-22-14)20-15-4-5-19-21(15)16/h2-9H,10H2,1H3. The van der Waals surface area contributed by atoms with Crippen LogP contribution in [-0.4, -0.2) is 24.6 Å². The quantitative estimate of drug-likeness (QED) is 0.577. The van der Waals surface area contributed by atoms with Crippen molar-refractivity contribution in [1.82, 2.24) is 24.6 Å². The summed E-state index contributed by atoms with van der Waals surface area (Å²) in [5.74, 6) is 1.24. The summed E-state index contributed by atoms with van der Waals surface area (Å²) >= 11 is 0. The highest BCUT2D eigenvalue weighted by Gasteiger charge is 2.11. The first-order valence-corrected chi connectivity index (χ1v) is 7.08. The zero-order valence-corrected chi connectivity index (χ0v) is 12.4. The molecule has 0 unspecified atom stereocenters. The van der Waals surface area contributed by atoms with Crippen LogP contribution in [0.3, 0.4) is 0 Å². The average Bonchev–Trinajstić information content (AvgIpc) is 3.25. The highest BCUT2D eigenvalue weighted by molar-refractivity contribution is 5.58. The van der Waals surface area contributed by atoms with Crippen LogP contribution in [0.25, 0.3) is 17.1 Å². The fraction of sp³-hybridized carbons (Fsp3) is 0.125. The van der Waals surface area contributed by atoms with Crippen LogP contribution in [0.1, 0.15) is 11.4 Å². The van der Waals surface area contributed by atoms with E-state index in [4.69, 9.17) is 9.15 Å². The minimum absolute atomic E-state index is 0.295. The van der Waals surface area contributed by atoms with Gasteiger partial charge in [-0.15, -0.1) is 0 Å². The molecule has 4 aromatic rings. The molecule has 7 nitrogen and oxygen atoms in total. The zero-order chi connectivity index (χ0) is 15.6. The van der Waals surface area contributed by atoms with Gasteiger partial charge in [-0.05, 0) is 19.1 Å². The smallest absolute Gasteiger partial charge is 0.219 e. The van der Waals surface area contributed by atoms with Crippen LogP contribution >= 0.6 is 0 Å². The number of hydrogen-bond acceptors (Lipinski definition) is 6. The van der Waals surface area contributed by atoms with Crippen molar-refractivity contribution in [3.63, 3.8) is 0 Å². The van der Waals surface area contributed by atoms with Gasteiger partial charge >= 0.3 is 0 Å². The predicted molar refractivity (Wildman–Crippen MR) is 81.8 cm³/mol. The first-order valence-electron chi connectivity index (χ1n) is 7.08. The molecule has 0 amide bonds. The molecule has 4 rings (SSSR count). The lowest BCUT2D eigenvalue weighted by Crippen LogP contribution is -2.05. The van der Waals surface area contributed by atoms with Crippen molar-refractivity contribution in [3.05, 3.63) is 60.5 Å². The lowest BCUT2D eigenvalue weighted by molar-refractivity contribution is 0.280. The summed E-state index contributed by atoms with van der Waals surface area (Å²) in [6.07, 6.45) is 6.69. The molecule has 4 heterocycles. The summed E-state index contributed by atoms with van der Waals surface area (Å²) in [6.45, 7) is 2.19. The molecule has 0 bridgehead atoms. The maximum Gasteiger partial charge on any atom is 0.219 e. The molecule has 7 heteroatoms. The van der Waals surface area contributed by atoms with Crippen molar-refractivity contribution < 1.29 is 9.15 Å².